The van der Waals surface area contributed by atoms with Gasteiger partial charge in [-0.3, -0.25) is 9.59 Å². The van der Waals surface area contributed by atoms with Gasteiger partial charge in [0.1, 0.15) is 6.04 Å². The van der Waals surface area contributed by atoms with E-state index < -0.39 is 6.04 Å². The second kappa shape index (κ2) is 8.64. The van der Waals surface area contributed by atoms with Crippen molar-refractivity contribution in [3.63, 3.8) is 0 Å². The zero-order chi connectivity index (χ0) is 24.4. The van der Waals surface area contributed by atoms with Crippen LogP contribution >= 0.6 is 0 Å². The van der Waals surface area contributed by atoms with Gasteiger partial charge in [0.25, 0.3) is 0 Å². The number of allylic oxidation sites excluding steroid dienone is 1. The summed E-state index contributed by atoms with van der Waals surface area (Å²) >= 11 is 0. The molecule has 4 fully saturated rings. The van der Waals surface area contributed by atoms with Crippen molar-refractivity contribution in [1.82, 2.24) is 15.1 Å². The summed E-state index contributed by atoms with van der Waals surface area (Å²) in [5, 5.41) is 2.85. The Morgan fingerprint density at radius 1 is 1.18 bits per heavy atom. The molecule has 0 aromatic rings. The molecule has 0 aromatic carbocycles. The van der Waals surface area contributed by atoms with Crippen molar-refractivity contribution in [1.29, 1.82) is 0 Å². The number of hydrogen-bond donors (Lipinski definition) is 1. The van der Waals surface area contributed by atoms with Crippen molar-refractivity contribution in [2.24, 2.45) is 34.5 Å². The topological polar surface area (TPSA) is 52.7 Å². The van der Waals surface area contributed by atoms with Crippen LogP contribution in [0.4, 0.5) is 0 Å². The van der Waals surface area contributed by atoms with Gasteiger partial charge in [0.2, 0.25) is 11.8 Å². The number of nitrogens with one attached hydrogen (secondary N) is 1. The molecule has 9 atom stereocenters. The summed E-state index contributed by atoms with van der Waals surface area (Å²) in [6, 6.07) is 0.596. The van der Waals surface area contributed by atoms with Crippen LogP contribution in [-0.2, 0) is 9.59 Å². The van der Waals surface area contributed by atoms with Gasteiger partial charge in [-0.15, -0.1) is 0 Å². The van der Waals surface area contributed by atoms with E-state index in [0.717, 1.165) is 42.6 Å². The van der Waals surface area contributed by atoms with Gasteiger partial charge in [-0.2, -0.15) is 0 Å². The molecule has 1 spiro atoms. The van der Waals surface area contributed by atoms with Crippen molar-refractivity contribution in [2.45, 2.75) is 104 Å². The molecule has 190 valence electrons. The van der Waals surface area contributed by atoms with Gasteiger partial charge in [0.15, 0.2) is 0 Å². The molecule has 1 N–H and O–H groups in total. The van der Waals surface area contributed by atoms with Crippen LogP contribution in [0.5, 0.6) is 0 Å². The lowest BCUT2D eigenvalue weighted by Crippen LogP contribution is -2.54. The Bertz CT molecular complexity index is 869. The summed E-state index contributed by atoms with van der Waals surface area (Å²) < 4.78 is 0. The first kappa shape index (κ1) is 24.3. The Morgan fingerprint density at radius 2 is 1.91 bits per heavy atom. The van der Waals surface area contributed by atoms with E-state index in [2.05, 4.69) is 37.2 Å². The van der Waals surface area contributed by atoms with Gasteiger partial charge in [0, 0.05) is 32.6 Å². The minimum absolute atomic E-state index is 0.0664. The fourth-order valence-corrected chi connectivity index (χ4v) is 9.78. The average Bonchev–Trinajstić information content (AvgIpc) is 3.29. The highest BCUT2D eigenvalue weighted by molar-refractivity contribution is 5.86. The van der Waals surface area contributed by atoms with E-state index in [1.165, 1.54) is 52.0 Å². The number of likely N-dealkylation sites (N-methyl/N-ethyl adjacent to an activating group) is 1. The number of amides is 2. The summed E-state index contributed by atoms with van der Waals surface area (Å²) in [7, 11) is 4.31. The lowest BCUT2D eigenvalue weighted by atomic mass is 9.47. The normalized spacial score (nSPS) is 44.2. The SMILES string of the molecule is CCC(NC(C)=O)C(=O)N(C)[C@H]1CC[C@@]2(C)C(=CC[C@H]3[C@@H]4CC[C@@H]5[C@H](C)N(C)C[C@@]54CC[C@@H]32)C1. The van der Waals surface area contributed by atoms with Crippen LogP contribution in [-0.4, -0.2) is 60.4 Å². The summed E-state index contributed by atoms with van der Waals surface area (Å²) in [6.45, 7) is 9.83. The number of fused-ring (bicyclic) bond motifs is 4. The highest BCUT2D eigenvalue weighted by atomic mass is 16.2. The van der Waals surface area contributed by atoms with Crippen LogP contribution in [0.1, 0.15) is 85.5 Å². The maximum atomic E-state index is 13.1. The minimum Gasteiger partial charge on any atom is -0.345 e. The summed E-state index contributed by atoms with van der Waals surface area (Å²) in [4.78, 5) is 29.3. The summed E-state index contributed by atoms with van der Waals surface area (Å²) in [5.41, 5.74) is 2.51. The summed E-state index contributed by atoms with van der Waals surface area (Å²) in [5.74, 6) is 3.42. The lowest BCUT2D eigenvalue weighted by Gasteiger charge is -2.58. The minimum atomic E-state index is -0.405. The molecule has 4 aliphatic carbocycles. The molecular formula is C29H47N3O2. The number of likely N-dealkylation sites (tertiary alicyclic amines) is 1. The smallest absolute Gasteiger partial charge is 0.245 e. The van der Waals surface area contributed by atoms with E-state index in [9.17, 15) is 9.59 Å². The maximum Gasteiger partial charge on any atom is 0.245 e. The number of carbonyl (C=O) groups is 2. The molecule has 1 aliphatic heterocycles. The lowest BCUT2D eigenvalue weighted by molar-refractivity contribution is -0.137. The van der Waals surface area contributed by atoms with E-state index in [1.807, 2.05) is 18.9 Å². The largest absolute Gasteiger partial charge is 0.345 e. The van der Waals surface area contributed by atoms with Gasteiger partial charge in [-0.1, -0.05) is 25.5 Å². The molecule has 5 heteroatoms. The fourth-order valence-electron chi connectivity index (χ4n) is 9.78. The Labute approximate surface area is 207 Å². The molecule has 0 bridgehead atoms. The zero-order valence-electron chi connectivity index (χ0n) is 22.4. The molecule has 0 aromatic heterocycles. The molecule has 1 unspecified atom stereocenters. The quantitative estimate of drug-likeness (QED) is 0.611. The van der Waals surface area contributed by atoms with Crippen molar-refractivity contribution in [2.75, 3.05) is 20.6 Å². The highest BCUT2D eigenvalue weighted by Gasteiger charge is 2.64. The van der Waals surface area contributed by atoms with Gasteiger partial charge in [-0.25, -0.2) is 0 Å². The van der Waals surface area contributed by atoms with Gasteiger partial charge < -0.3 is 15.1 Å². The van der Waals surface area contributed by atoms with Crippen LogP contribution in [0.15, 0.2) is 11.6 Å². The summed E-state index contributed by atoms with van der Waals surface area (Å²) in [6.07, 6.45) is 13.5. The zero-order valence-corrected chi connectivity index (χ0v) is 22.4. The number of nitrogens with zero attached hydrogens (tertiary/aromatic N) is 2. The number of hydrogen-bond acceptors (Lipinski definition) is 3. The molecule has 3 saturated carbocycles. The Hall–Kier alpha value is -1.36. The number of carbonyl (C=O) groups excluding carboxylic acids is 2. The monoisotopic (exact) mass is 469 g/mol. The van der Waals surface area contributed by atoms with E-state index in [4.69, 9.17) is 0 Å². The highest BCUT2D eigenvalue weighted by Crippen LogP contribution is 2.68. The maximum absolute atomic E-state index is 13.1. The molecule has 5 nitrogen and oxygen atoms in total. The molecule has 5 aliphatic rings. The van der Waals surface area contributed by atoms with Crippen LogP contribution in [0, 0.1) is 34.5 Å². The molecular weight excluding hydrogens is 422 g/mol. The first-order valence-electron chi connectivity index (χ1n) is 14.1. The first-order chi connectivity index (χ1) is 16.1. The molecule has 1 heterocycles. The van der Waals surface area contributed by atoms with E-state index in [0.29, 0.717) is 17.3 Å². The van der Waals surface area contributed by atoms with Crippen LogP contribution in [0.3, 0.4) is 0 Å². The van der Waals surface area contributed by atoms with Crippen molar-refractivity contribution in [3.8, 4) is 0 Å². The van der Waals surface area contributed by atoms with Crippen LogP contribution < -0.4 is 5.32 Å². The van der Waals surface area contributed by atoms with E-state index >= 15 is 0 Å². The third kappa shape index (κ3) is 3.50. The predicted octanol–water partition coefficient (Wildman–Crippen LogP) is 4.62. The second-order valence-electron chi connectivity index (χ2n) is 12.9. The Kier molecular flexibility index (Phi) is 6.18. The van der Waals surface area contributed by atoms with Gasteiger partial charge in [0.05, 0.1) is 0 Å². The first-order valence-corrected chi connectivity index (χ1v) is 14.1. The van der Waals surface area contributed by atoms with E-state index in [-0.39, 0.29) is 17.9 Å². The third-order valence-corrected chi connectivity index (χ3v) is 11.7. The van der Waals surface area contributed by atoms with E-state index in [1.54, 1.807) is 5.57 Å². The Balaban J connectivity index is 1.32. The van der Waals surface area contributed by atoms with Crippen molar-refractivity contribution in [3.05, 3.63) is 11.6 Å². The third-order valence-electron chi connectivity index (χ3n) is 11.7. The molecule has 34 heavy (non-hydrogen) atoms. The van der Waals surface area contributed by atoms with Crippen molar-refractivity contribution >= 4 is 11.8 Å². The molecule has 1 saturated heterocycles. The average molecular weight is 470 g/mol. The fraction of sp³-hybridized carbons (Fsp3) is 0.862. The Morgan fingerprint density at radius 3 is 2.62 bits per heavy atom. The van der Waals surface area contributed by atoms with Crippen LogP contribution in [0.2, 0.25) is 0 Å². The molecule has 2 amide bonds. The van der Waals surface area contributed by atoms with Gasteiger partial charge >= 0.3 is 0 Å². The standard InChI is InChI=1S/C29H47N3O2/c1-7-26(30-19(3)33)27(34)32(6)21-12-14-28(4)20(16-21)8-9-22-24(28)13-15-29-17-31(5)18(2)23(29)10-11-25(22)29/h8,18,21-26H,7,9-17H2,1-6H3,(H,30,33)/t18-,21-,22+,23+,24-,25-,26?,28-,29-/m0/s1. The molecule has 0 radical (unpaired) electrons. The molecule has 5 rings (SSSR count). The van der Waals surface area contributed by atoms with Gasteiger partial charge in [-0.05, 0) is 106 Å². The second-order valence-corrected chi connectivity index (χ2v) is 12.9. The van der Waals surface area contributed by atoms with Crippen LogP contribution in [0.25, 0.3) is 0 Å². The predicted molar refractivity (Wildman–Crippen MR) is 136 cm³/mol. The number of rotatable bonds is 4. The van der Waals surface area contributed by atoms with Crippen molar-refractivity contribution < 1.29 is 9.59 Å².